The van der Waals surface area contributed by atoms with Gasteiger partial charge in [0.25, 0.3) is 5.91 Å². The Kier molecular flexibility index (Phi) is 8.27. The maximum atomic E-state index is 12.7. The van der Waals surface area contributed by atoms with E-state index in [4.69, 9.17) is 9.47 Å². The average Bonchev–Trinajstić information content (AvgIpc) is 3.36. The summed E-state index contributed by atoms with van der Waals surface area (Å²) in [5.74, 6) is -0.519. The van der Waals surface area contributed by atoms with E-state index >= 15 is 0 Å². The number of nitrogens with zero attached hydrogens (tertiary/aromatic N) is 3. The molecule has 1 heterocycles. The molecule has 0 aliphatic heterocycles. The number of alkyl carbamates (subject to hydrolysis) is 1. The molecular formula is C22H22N6O6. The van der Waals surface area contributed by atoms with Gasteiger partial charge < -0.3 is 19.8 Å². The standard InChI is InChI=1S/C22H22N6O6/c1-33-20-8-7-16(9-19(20)28(31)32)11-25-27-21(29)18(10-17-12-23-14-24-17)26-22(30)34-13-15-5-3-2-4-6-15/h2-9,11-12,14,18H,10,13H2,1H3,(H,23,24)(H,26,30)(H,27,29)/b25-11-/t18-/m0/s1. The molecule has 0 bridgehead atoms. The molecule has 34 heavy (non-hydrogen) atoms. The summed E-state index contributed by atoms with van der Waals surface area (Å²) in [7, 11) is 1.33. The maximum absolute atomic E-state index is 12.7. The van der Waals surface area contributed by atoms with Gasteiger partial charge in [-0.2, -0.15) is 5.10 Å². The molecule has 3 N–H and O–H groups in total. The smallest absolute Gasteiger partial charge is 0.408 e. The van der Waals surface area contributed by atoms with E-state index in [9.17, 15) is 19.7 Å². The lowest BCUT2D eigenvalue weighted by Crippen LogP contribution is -2.47. The number of ether oxygens (including phenoxy) is 2. The van der Waals surface area contributed by atoms with Crippen LogP contribution in [0.5, 0.6) is 5.75 Å². The zero-order valence-corrected chi connectivity index (χ0v) is 18.1. The van der Waals surface area contributed by atoms with Crippen LogP contribution >= 0.6 is 0 Å². The normalized spacial score (nSPS) is 11.6. The Hall–Kier alpha value is -4.74. The second-order valence-corrected chi connectivity index (χ2v) is 6.96. The number of carbonyl (C=O) groups excluding carboxylic acids is 2. The number of hydrazone groups is 1. The number of hydrogen-bond donors (Lipinski definition) is 3. The summed E-state index contributed by atoms with van der Waals surface area (Å²) < 4.78 is 10.1. The van der Waals surface area contributed by atoms with Gasteiger partial charge in [0.2, 0.25) is 0 Å². The van der Waals surface area contributed by atoms with Crippen LogP contribution in [0.4, 0.5) is 10.5 Å². The third-order valence-corrected chi connectivity index (χ3v) is 4.59. The van der Waals surface area contributed by atoms with E-state index in [0.29, 0.717) is 11.3 Å². The van der Waals surface area contributed by atoms with E-state index in [-0.39, 0.29) is 24.5 Å². The Bertz CT molecular complexity index is 1150. The van der Waals surface area contributed by atoms with Crippen LogP contribution in [0, 0.1) is 10.1 Å². The lowest BCUT2D eigenvalue weighted by atomic mass is 10.1. The monoisotopic (exact) mass is 466 g/mol. The van der Waals surface area contributed by atoms with Gasteiger partial charge in [-0.05, 0) is 17.7 Å². The highest BCUT2D eigenvalue weighted by molar-refractivity contribution is 5.88. The number of aromatic amines is 1. The molecule has 2 amide bonds. The first-order valence-corrected chi connectivity index (χ1v) is 10.1. The fourth-order valence-electron chi connectivity index (χ4n) is 2.91. The van der Waals surface area contributed by atoms with Crippen molar-refractivity contribution in [3.8, 4) is 5.75 Å². The molecule has 1 atom stereocenters. The summed E-state index contributed by atoms with van der Waals surface area (Å²) in [6.45, 7) is 0.0411. The minimum atomic E-state index is -1.02. The quantitative estimate of drug-likeness (QED) is 0.235. The summed E-state index contributed by atoms with van der Waals surface area (Å²) in [6.07, 6.45) is 3.54. The van der Waals surface area contributed by atoms with E-state index < -0.39 is 23.0 Å². The number of aromatic nitrogens is 2. The number of imidazole rings is 1. The molecule has 3 aromatic rings. The van der Waals surface area contributed by atoms with Crippen molar-refractivity contribution in [1.29, 1.82) is 0 Å². The maximum Gasteiger partial charge on any atom is 0.408 e. The molecule has 176 valence electrons. The molecule has 12 nitrogen and oxygen atoms in total. The Labute approximate surface area is 194 Å². The molecule has 0 fully saturated rings. The Morgan fingerprint density at radius 3 is 2.74 bits per heavy atom. The van der Waals surface area contributed by atoms with Gasteiger partial charge in [0.1, 0.15) is 12.6 Å². The summed E-state index contributed by atoms with van der Waals surface area (Å²) >= 11 is 0. The molecule has 0 aliphatic carbocycles. The van der Waals surface area contributed by atoms with Crippen LogP contribution in [0.1, 0.15) is 16.8 Å². The molecule has 1 aromatic heterocycles. The molecule has 0 aliphatic rings. The topological polar surface area (TPSA) is 161 Å². The molecule has 0 spiro atoms. The average molecular weight is 466 g/mol. The number of carbonyl (C=O) groups is 2. The van der Waals surface area contributed by atoms with Crippen molar-refractivity contribution in [3.63, 3.8) is 0 Å². The number of nitro benzene ring substituents is 1. The van der Waals surface area contributed by atoms with Crippen LogP contribution < -0.4 is 15.5 Å². The fraction of sp³-hybridized carbons (Fsp3) is 0.182. The van der Waals surface area contributed by atoms with E-state index in [1.165, 1.54) is 38.0 Å². The molecule has 0 saturated heterocycles. The van der Waals surface area contributed by atoms with Gasteiger partial charge in [-0.25, -0.2) is 15.2 Å². The number of methoxy groups -OCH3 is 1. The van der Waals surface area contributed by atoms with Crippen LogP contribution in [-0.2, 0) is 22.6 Å². The largest absolute Gasteiger partial charge is 0.490 e. The van der Waals surface area contributed by atoms with E-state index in [1.54, 1.807) is 18.2 Å². The fourth-order valence-corrected chi connectivity index (χ4v) is 2.91. The molecular weight excluding hydrogens is 444 g/mol. The first-order valence-electron chi connectivity index (χ1n) is 10.1. The summed E-state index contributed by atoms with van der Waals surface area (Å²) in [5.41, 5.74) is 3.86. The zero-order valence-electron chi connectivity index (χ0n) is 18.1. The molecule has 3 rings (SSSR count). The van der Waals surface area contributed by atoms with Crippen molar-refractivity contribution in [1.82, 2.24) is 20.7 Å². The summed E-state index contributed by atoms with van der Waals surface area (Å²) in [5, 5.41) is 17.5. The van der Waals surface area contributed by atoms with Gasteiger partial charge in [0.15, 0.2) is 5.75 Å². The van der Waals surface area contributed by atoms with Gasteiger partial charge in [-0.3, -0.25) is 14.9 Å². The van der Waals surface area contributed by atoms with Crippen molar-refractivity contribution >= 4 is 23.9 Å². The highest BCUT2D eigenvalue weighted by atomic mass is 16.6. The van der Waals surface area contributed by atoms with E-state index in [2.05, 4.69) is 25.8 Å². The Balaban J connectivity index is 1.63. The van der Waals surface area contributed by atoms with Crippen molar-refractivity contribution in [3.05, 3.63) is 88.0 Å². The first-order chi connectivity index (χ1) is 16.5. The number of hydrogen-bond acceptors (Lipinski definition) is 8. The van der Waals surface area contributed by atoms with Gasteiger partial charge in [0.05, 0.1) is 24.6 Å². The van der Waals surface area contributed by atoms with Crippen LogP contribution in [0.3, 0.4) is 0 Å². The molecule has 0 unspecified atom stereocenters. The van der Waals surface area contributed by atoms with Crippen LogP contribution in [-0.4, -0.2) is 46.3 Å². The van der Waals surface area contributed by atoms with Gasteiger partial charge in [-0.1, -0.05) is 30.3 Å². The Morgan fingerprint density at radius 1 is 1.26 bits per heavy atom. The second-order valence-electron chi connectivity index (χ2n) is 6.96. The van der Waals surface area contributed by atoms with Crippen molar-refractivity contribution < 1.29 is 24.0 Å². The number of nitro groups is 1. The van der Waals surface area contributed by atoms with Crippen LogP contribution in [0.15, 0.2) is 66.2 Å². The minimum absolute atomic E-state index is 0.0411. The van der Waals surface area contributed by atoms with Crippen molar-refractivity contribution in [2.45, 2.75) is 19.1 Å². The number of H-pyrrole nitrogens is 1. The lowest BCUT2D eigenvalue weighted by Gasteiger charge is -2.16. The predicted octanol–water partition coefficient (Wildman–Crippen LogP) is 2.31. The lowest BCUT2D eigenvalue weighted by molar-refractivity contribution is -0.385. The second kappa shape index (κ2) is 11.8. The first kappa shape index (κ1) is 23.9. The SMILES string of the molecule is COc1ccc(/C=N\NC(=O)[C@H](Cc2cnc[nH]2)NC(=O)OCc2ccccc2)cc1[N+](=O)[O-]. The van der Waals surface area contributed by atoms with Crippen molar-refractivity contribution in [2.75, 3.05) is 7.11 Å². The van der Waals surface area contributed by atoms with E-state index in [1.807, 2.05) is 18.2 Å². The van der Waals surface area contributed by atoms with Crippen LogP contribution in [0.2, 0.25) is 0 Å². The molecule has 12 heteroatoms. The minimum Gasteiger partial charge on any atom is -0.490 e. The van der Waals surface area contributed by atoms with E-state index in [0.717, 1.165) is 5.56 Å². The number of benzene rings is 2. The molecule has 0 saturated carbocycles. The van der Waals surface area contributed by atoms with Crippen LogP contribution in [0.25, 0.3) is 0 Å². The molecule has 0 radical (unpaired) electrons. The Morgan fingerprint density at radius 2 is 2.06 bits per heavy atom. The highest BCUT2D eigenvalue weighted by Gasteiger charge is 2.22. The van der Waals surface area contributed by atoms with Gasteiger partial charge in [-0.15, -0.1) is 0 Å². The number of amides is 2. The predicted molar refractivity (Wildman–Crippen MR) is 121 cm³/mol. The third kappa shape index (κ3) is 6.88. The summed E-state index contributed by atoms with van der Waals surface area (Å²) in [4.78, 5) is 42.3. The number of rotatable bonds is 10. The van der Waals surface area contributed by atoms with Gasteiger partial charge >= 0.3 is 11.8 Å². The molecule has 2 aromatic carbocycles. The highest BCUT2D eigenvalue weighted by Crippen LogP contribution is 2.26. The zero-order chi connectivity index (χ0) is 24.3. The van der Waals surface area contributed by atoms with Gasteiger partial charge in [0, 0.05) is 29.9 Å². The third-order valence-electron chi connectivity index (χ3n) is 4.59. The van der Waals surface area contributed by atoms with Crippen molar-refractivity contribution in [2.24, 2.45) is 5.10 Å². The summed E-state index contributed by atoms with van der Waals surface area (Å²) in [6, 6.07) is 12.3. The number of nitrogens with one attached hydrogen (secondary N) is 3.